The Morgan fingerprint density at radius 2 is 1.82 bits per heavy atom. The van der Waals surface area contributed by atoms with E-state index in [9.17, 15) is 4.79 Å². The van der Waals surface area contributed by atoms with Crippen molar-refractivity contribution < 1.29 is 4.39 Å². The monoisotopic (exact) mass is 461 g/mol. The van der Waals surface area contributed by atoms with Gasteiger partial charge in [0.25, 0.3) is 5.56 Å². The third-order valence-corrected chi connectivity index (χ3v) is 6.36. The molecular formula is C25H28FN7O. The van der Waals surface area contributed by atoms with Gasteiger partial charge in [-0.1, -0.05) is 18.2 Å². The molecule has 0 aliphatic carbocycles. The van der Waals surface area contributed by atoms with Crippen molar-refractivity contribution >= 4 is 16.7 Å². The van der Waals surface area contributed by atoms with Crippen molar-refractivity contribution in [2.75, 3.05) is 45.2 Å². The molecule has 0 amide bonds. The molecule has 1 aliphatic rings. The quantitative estimate of drug-likeness (QED) is 0.476. The van der Waals surface area contributed by atoms with Gasteiger partial charge in [0, 0.05) is 50.0 Å². The summed E-state index contributed by atoms with van der Waals surface area (Å²) in [6.45, 7) is 6.39. The molecular weight excluding hydrogens is 433 g/mol. The average molecular weight is 462 g/mol. The van der Waals surface area contributed by atoms with Gasteiger partial charge in [0.05, 0.1) is 5.52 Å². The van der Waals surface area contributed by atoms with Gasteiger partial charge in [0.2, 0.25) is 0 Å². The molecule has 8 nitrogen and oxygen atoms in total. The number of piperazine rings is 1. The van der Waals surface area contributed by atoms with E-state index in [1.165, 1.54) is 17.8 Å². The molecule has 1 aliphatic heterocycles. The highest BCUT2D eigenvalue weighted by Gasteiger charge is 2.18. The van der Waals surface area contributed by atoms with Crippen LogP contribution in [-0.4, -0.2) is 65.2 Å². The zero-order chi connectivity index (χ0) is 23.8. The predicted molar refractivity (Wildman–Crippen MR) is 132 cm³/mol. The summed E-state index contributed by atoms with van der Waals surface area (Å²) in [5, 5.41) is 14.9. The second kappa shape index (κ2) is 9.00. The van der Waals surface area contributed by atoms with Crippen molar-refractivity contribution in [3.05, 3.63) is 69.8 Å². The molecule has 0 unspecified atom stereocenters. The molecule has 1 fully saturated rings. The van der Waals surface area contributed by atoms with Gasteiger partial charge < -0.3 is 15.1 Å². The molecule has 9 heteroatoms. The summed E-state index contributed by atoms with van der Waals surface area (Å²) in [4.78, 5) is 17.5. The fraction of sp³-hybridized carbons (Fsp3) is 0.320. The number of aryl methyl sites for hydroxylation is 1. The van der Waals surface area contributed by atoms with Crippen LogP contribution in [0.4, 0.5) is 10.1 Å². The van der Waals surface area contributed by atoms with Crippen LogP contribution in [0.3, 0.4) is 0 Å². The van der Waals surface area contributed by atoms with Crippen molar-refractivity contribution in [1.29, 1.82) is 0 Å². The van der Waals surface area contributed by atoms with Gasteiger partial charge in [-0.3, -0.25) is 9.89 Å². The van der Waals surface area contributed by atoms with E-state index >= 15 is 4.39 Å². The van der Waals surface area contributed by atoms with Crippen LogP contribution in [-0.2, 0) is 6.54 Å². The topological polar surface area (TPSA) is 82.1 Å². The number of aromatic amines is 1. The van der Waals surface area contributed by atoms with E-state index in [0.29, 0.717) is 28.8 Å². The smallest absolute Gasteiger partial charge is 0.273 e. The Balaban J connectivity index is 1.53. The molecule has 1 saturated heterocycles. The number of nitrogens with one attached hydrogen (secondary N) is 2. The van der Waals surface area contributed by atoms with E-state index in [1.807, 2.05) is 18.2 Å². The van der Waals surface area contributed by atoms with Crippen molar-refractivity contribution in [3.63, 3.8) is 0 Å². The summed E-state index contributed by atoms with van der Waals surface area (Å²) >= 11 is 0. The SMILES string of the molecule is CNCc1cc(C)c(-n2nc3c(-c4ccc(N5CCN(C)CC5)cc4)n[nH]c3cc2=O)c(F)c1. The molecule has 4 aromatic rings. The van der Waals surface area contributed by atoms with E-state index in [2.05, 4.69) is 49.6 Å². The number of hydrogen-bond acceptors (Lipinski definition) is 6. The number of likely N-dealkylation sites (N-methyl/N-ethyl adjacent to an activating group) is 1. The first-order valence-electron chi connectivity index (χ1n) is 11.4. The van der Waals surface area contributed by atoms with Crippen LogP contribution in [0.2, 0.25) is 0 Å². The number of halogens is 1. The van der Waals surface area contributed by atoms with Crippen LogP contribution < -0.4 is 15.8 Å². The first kappa shape index (κ1) is 22.2. The van der Waals surface area contributed by atoms with E-state index in [1.54, 1.807) is 14.0 Å². The normalized spacial score (nSPS) is 14.8. The lowest BCUT2D eigenvalue weighted by atomic mass is 10.1. The summed E-state index contributed by atoms with van der Waals surface area (Å²) < 4.78 is 16.2. The molecule has 3 heterocycles. The highest BCUT2D eigenvalue weighted by Crippen LogP contribution is 2.27. The van der Waals surface area contributed by atoms with E-state index in [0.717, 1.165) is 42.0 Å². The minimum atomic E-state index is -0.485. The summed E-state index contributed by atoms with van der Waals surface area (Å²) in [6.07, 6.45) is 0. The van der Waals surface area contributed by atoms with E-state index < -0.39 is 11.4 Å². The number of aromatic nitrogens is 4. The molecule has 2 N–H and O–H groups in total. The lowest BCUT2D eigenvalue weighted by molar-refractivity contribution is 0.313. The lowest BCUT2D eigenvalue weighted by Gasteiger charge is -2.34. The van der Waals surface area contributed by atoms with E-state index in [-0.39, 0.29) is 5.69 Å². The minimum absolute atomic E-state index is 0.157. The first-order valence-corrected chi connectivity index (χ1v) is 11.4. The molecule has 5 rings (SSSR count). The Morgan fingerprint density at radius 3 is 2.50 bits per heavy atom. The first-order chi connectivity index (χ1) is 16.4. The van der Waals surface area contributed by atoms with Crippen LogP contribution in [0.25, 0.3) is 28.0 Å². The van der Waals surface area contributed by atoms with Crippen molar-refractivity contribution in [1.82, 2.24) is 30.2 Å². The van der Waals surface area contributed by atoms with Gasteiger partial charge >= 0.3 is 0 Å². The summed E-state index contributed by atoms with van der Waals surface area (Å²) in [7, 11) is 3.94. The Morgan fingerprint density at radius 1 is 1.09 bits per heavy atom. The number of hydrogen-bond donors (Lipinski definition) is 2. The minimum Gasteiger partial charge on any atom is -0.369 e. The standard InChI is InChI=1S/C25H28FN7O/c1-16-12-17(15-27-2)13-20(26)25(16)33-22(34)14-21-24(30-33)23(29-28-21)18-4-6-19(7-5-18)32-10-8-31(3)9-11-32/h4-7,12-14,27-28H,8-11,15H2,1-3H3. The third kappa shape index (κ3) is 4.08. The summed E-state index contributed by atoms with van der Waals surface area (Å²) in [5.41, 5.74) is 4.89. The molecule has 176 valence electrons. The van der Waals surface area contributed by atoms with Crippen molar-refractivity contribution in [2.24, 2.45) is 0 Å². The van der Waals surface area contributed by atoms with Crippen LogP contribution in [0, 0.1) is 12.7 Å². The van der Waals surface area contributed by atoms with Crippen LogP contribution in [0.15, 0.2) is 47.3 Å². The maximum absolute atomic E-state index is 15.0. The Kier molecular flexibility index (Phi) is 5.89. The number of benzene rings is 2. The molecule has 0 radical (unpaired) electrons. The van der Waals surface area contributed by atoms with Crippen LogP contribution in [0.1, 0.15) is 11.1 Å². The number of rotatable bonds is 5. The fourth-order valence-electron chi connectivity index (χ4n) is 4.52. The molecule has 0 saturated carbocycles. The Labute approximate surface area is 197 Å². The van der Waals surface area contributed by atoms with Gasteiger partial charge in [-0.05, 0) is 50.3 Å². The molecule has 0 bridgehead atoms. The maximum atomic E-state index is 15.0. The maximum Gasteiger partial charge on any atom is 0.273 e. The van der Waals surface area contributed by atoms with Crippen molar-refractivity contribution in [3.8, 4) is 16.9 Å². The van der Waals surface area contributed by atoms with Gasteiger partial charge in [0.1, 0.15) is 22.7 Å². The molecule has 0 atom stereocenters. The van der Waals surface area contributed by atoms with Crippen LogP contribution in [0.5, 0.6) is 0 Å². The molecule has 34 heavy (non-hydrogen) atoms. The Bertz CT molecular complexity index is 1360. The largest absolute Gasteiger partial charge is 0.369 e. The molecule has 0 spiro atoms. The van der Waals surface area contributed by atoms with E-state index in [4.69, 9.17) is 0 Å². The third-order valence-electron chi connectivity index (χ3n) is 6.36. The van der Waals surface area contributed by atoms with Gasteiger partial charge in [0.15, 0.2) is 0 Å². The lowest BCUT2D eigenvalue weighted by Crippen LogP contribution is -2.44. The van der Waals surface area contributed by atoms with Crippen LogP contribution >= 0.6 is 0 Å². The zero-order valence-corrected chi connectivity index (χ0v) is 19.6. The van der Waals surface area contributed by atoms with Crippen molar-refractivity contribution in [2.45, 2.75) is 13.5 Å². The summed E-state index contributed by atoms with van der Waals surface area (Å²) in [6, 6.07) is 12.9. The fourth-order valence-corrected chi connectivity index (χ4v) is 4.52. The number of H-pyrrole nitrogens is 1. The predicted octanol–water partition coefficient (Wildman–Crippen LogP) is 2.69. The average Bonchev–Trinajstić information content (AvgIpc) is 3.22. The number of anilines is 1. The number of nitrogens with zero attached hydrogens (tertiary/aromatic N) is 5. The molecule has 2 aromatic heterocycles. The second-order valence-corrected chi connectivity index (χ2v) is 8.84. The van der Waals surface area contributed by atoms with Gasteiger partial charge in [-0.25, -0.2) is 4.39 Å². The second-order valence-electron chi connectivity index (χ2n) is 8.84. The number of fused-ring (bicyclic) bond motifs is 1. The highest BCUT2D eigenvalue weighted by atomic mass is 19.1. The summed E-state index contributed by atoms with van der Waals surface area (Å²) in [5.74, 6) is -0.485. The molecule has 2 aromatic carbocycles. The zero-order valence-electron chi connectivity index (χ0n) is 19.6. The van der Waals surface area contributed by atoms with Gasteiger partial charge in [-0.15, -0.1) is 0 Å². The van der Waals surface area contributed by atoms with Gasteiger partial charge in [-0.2, -0.15) is 14.9 Å². The Hall–Kier alpha value is -3.56. The highest BCUT2D eigenvalue weighted by molar-refractivity contribution is 5.89.